The molecule has 4 saturated carbocycles. The molecule has 1 aromatic carbocycles. The highest BCUT2D eigenvalue weighted by Gasteiger charge is 2.58. The first-order valence-electron chi connectivity index (χ1n) is 10.6. The maximum absolute atomic E-state index is 13.6. The fraction of sp³-hybridized carbons (Fsp3) is 0.696. The van der Waals surface area contributed by atoms with Gasteiger partial charge in [-0.05, 0) is 87.8 Å². The third kappa shape index (κ3) is 2.70. The smallest absolute Gasteiger partial charge is 0.226 e. The summed E-state index contributed by atoms with van der Waals surface area (Å²) in [5.41, 5.74) is 1.62. The van der Waals surface area contributed by atoms with Gasteiger partial charge in [0, 0.05) is 14.0 Å². The van der Waals surface area contributed by atoms with Crippen molar-refractivity contribution in [1.82, 2.24) is 10.2 Å². The Kier molecular flexibility index (Phi) is 3.93. The van der Waals surface area contributed by atoms with E-state index in [0.717, 1.165) is 50.6 Å². The number of nitrogens with one attached hydrogen (secondary N) is 1. The van der Waals surface area contributed by atoms with Crippen LogP contribution < -0.4 is 5.32 Å². The zero-order valence-corrected chi connectivity index (χ0v) is 16.0. The highest BCUT2D eigenvalue weighted by molar-refractivity contribution is 5.83. The highest BCUT2D eigenvalue weighted by atomic mass is 16.2. The quantitative estimate of drug-likeness (QED) is 0.890. The molecule has 3 heteroatoms. The van der Waals surface area contributed by atoms with Crippen LogP contribution in [0.1, 0.15) is 58.4 Å². The number of hydrogen-bond donors (Lipinski definition) is 1. The second-order valence-electron chi connectivity index (χ2n) is 9.94. The Morgan fingerprint density at radius 3 is 2.73 bits per heavy atom. The molecule has 0 spiro atoms. The van der Waals surface area contributed by atoms with Gasteiger partial charge in [0.15, 0.2) is 0 Å². The minimum atomic E-state index is -0.120. The van der Waals surface area contributed by atoms with E-state index in [-0.39, 0.29) is 12.3 Å². The number of likely N-dealkylation sites (tertiary alicyclic amines) is 1. The zero-order valence-electron chi connectivity index (χ0n) is 16.0. The first kappa shape index (κ1) is 16.8. The number of amides is 1. The Bertz CT molecular complexity index is 695. The van der Waals surface area contributed by atoms with Gasteiger partial charge in [0.1, 0.15) is 0 Å². The third-order valence-electron chi connectivity index (χ3n) is 8.01. The van der Waals surface area contributed by atoms with Crippen molar-refractivity contribution in [3.8, 4) is 0 Å². The van der Waals surface area contributed by atoms with E-state index in [1.165, 1.54) is 31.2 Å². The van der Waals surface area contributed by atoms with E-state index in [9.17, 15) is 4.79 Å². The Morgan fingerprint density at radius 1 is 1.15 bits per heavy atom. The van der Waals surface area contributed by atoms with Crippen LogP contribution in [0, 0.1) is 17.3 Å². The lowest BCUT2D eigenvalue weighted by molar-refractivity contribution is -0.137. The molecule has 0 radical (unpaired) electrons. The fourth-order valence-corrected chi connectivity index (χ4v) is 7.10. The topological polar surface area (TPSA) is 32.3 Å². The van der Waals surface area contributed by atoms with E-state index in [1.807, 2.05) is 0 Å². The van der Waals surface area contributed by atoms with Crippen molar-refractivity contribution < 1.29 is 6.22 Å². The van der Waals surface area contributed by atoms with E-state index < -0.39 is 0 Å². The highest BCUT2D eigenvalue weighted by Crippen LogP contribution is 2.63. The molecule has 0 aromatic heterocycles. The summed E-state index contributed by atoms with van der Waals surface area (Å²) in [7, 11) is 2.16. The van der Waals surface area contributed by atoms with Crippen LogP contribution in [0.3, 0.4) is 0 Å². The maximum atomic E-state index is 13.6. The Labute approximate surface area is 159 Å². The van der Waals surface area contributed by atoms with Crippen LogP contribution in [0.25, 0.3) is 0 Å². The monoisotopic (exact) mass is 354 g/mol. The Hall–Kier alpha value is -1.35. The number of benzene rings is 1. The molecule has 5 aliphatic rings. The number of hydrogen-bond acceptors (Lipinski definition) is 2. The van der Waals surface area contributed by atoms with Gasteiger partial charge in [-0.3, -0.25) is 4.79 Å². The van der Waals surface area contributed by atoms with Crippen LogP contribution in [0.4, 0.5) is 0 Å². The van der Waals surface area contributed by atoms with Gasteiger partial charge in [0.05, 0.1) is 5.41 Å². The minimum Gasteiger partial charge on any atom is -0.352 e. The molecule has 142 valence electrons. The van der Waals surface area contributed by atoms with Gasteiger partial charge >= 0.3 is 0 Å². The van der Waals surface area contributed by atoms with Gasteiger partial charge in [-0.25, -0.2) is 0 Å². The Balaban J connectivity index is 0.00000180. The van der Waals surface area contributed by atoms with E-state index in [4.69, 9.17) is 0 Å². The molecule has 1 aliphatic heterocycles. The first-order valence-corrected chi connectivity index (χ1v) is 10.6. The largest absolute Gasteiger partial charge is 0.352 e. The van der Waals surface area contributed by atoms with Crippen molar-refractivity contribution >= 4 is 5.91 Å². The summed E-state index contributed by atoms with van der Waals surface area (Å²) >= 11 is 0. The van der Waals surface area contributed by atoms with Crippen LogP contribution in [-0.2, 0) is 10.2 Å². The van der Waals surface area contributed by atoms with Crippen molar-refractivity contribution in [2.24, 2.45) is 17.3 Å². The third-order valence-corrected chi connectivity index (χ3v) is 8.01. The summed E-state index contributed by atoms with van der Waals surface area (Å²) in [6.07, 6.45) is 9.63. The molecular weight excluding hydrogens is 320 g/mol. The standard InChI is InChI=1S/C23H32N2O.H2/c1-25-10-8-20(15-25)24-21(26)22-9-7-17-11-18(13-22)14-23(12-17,16-22)19-5-3-2-4-6-19;/h2-6,17-18,20H,7-16H2,1H3,(H,24,26);1H/t17?,18?,20-,22?,23?;/m1./s1. The molecule has 4 aliphatic carbocycles. The van der Waals surface area contributed by atoms with E-state index in [2.05, 4.69) is 47.6 Å². The molecule has 1 heterocycles. The van der Waals surface area contributed by atoms with E-state index in [1.54, 1.807) is 0 Å². The molecule has 1 amide bonds. The summed E-state index contributed by atoms with van der Waals surface area (Å²) in [5, 5.41) is 3.48. The summed E-state index contributed by atoms with van der Waals surface area (Å²) in [4.78, 5) is 15.9. The van der Waals surface area contributed by atoms with Crippen LogP contribution in [0.15, 0.2) is 30.3 Å². The normalized spacial score (nSPS) is 42.0. The summed E-state index contributed by atoms with van der Waals surface area (Å²) in [6, 6.07) is 11.5. The van der Waals surface area contributed by atoms with Crippen LogP contribution in [0.5, 0.6) is 0 Å². The SMILES string of the molecule is CN1CC[C@@H](NC(=O)C23CCC4CC(C2)CC(c2ccccc2)(C4)C3)C1.[HH]. The van der Waals surface area contributed by atoms with Crippen LogP contribution >= 0.6 is 0 Å². The fourth-order valence-electron chi connectivity index (χ4n) is 7.10. The number of likely N-dealkylation sites (N-methyl/N-ethyl adjacent to an activating group) is 1. The average molecular weight is 355 g/mol. The molecule has 1 saturated heterocycles. The number of nitrogens with zero attached hydrogens (tertiary/aromatic N) is 1. The zero-order chi connectivity index (χ0) is 17.8. The summed E-state index contributed by atoms with van der Waals surface area (Å²) in [6.45, 7) is 2.12. The van der Waals surface area contributed by atoms with Gasteiger partial charge in [-0.15, -0.1) is 0 Å². The van der Waals surface area contributed by atoms with Crippen LogP contribution in [-0.4, -0.2) is 37.0 Å². The van der Waals surface area contributed by atoms with Crippen molar-refractivity contribution in [1.29, 1.82) is 0 Å². The van der Waals surface area contributed by atoms with Gasteiger partial charge in [-0.2, -0.15) is 0 Å². The lowest BCUT2D eigenvalue weighted by Gasteiger charge is -2.52. The molecule has 3 nitrogen and oxygen atoms in total. The van der Waals surface area contributed by atoms with Gasteiger partial charge in [0.25, 0.3) is 0 Å². The van der Waals surface area contributed by atoms with Crippen molar-refractivity contribution in [2.75, 3.05) is 20.1 Å². The lowest BCUT2D eigenvalue weighted by atomic mass is 9.52. The summed E-state index contributed by atoms with van der Waals surface area (Å²) in [5.74, 6) is 1.94. The van der Waals surface area contributed by atoms with Crippen molar-refractivity contribution in [3.63, 3.8) is 0 Å². The van der Waals surface area contributed by atoms with Gasteiger partial charge in [0.2, 0.25) is 5.91 Å². The molecule has 5 fully saturated rings. The maximum Gasteiger partial charge on any atom is 0.226 e. The van der Waals surface area contributed by atoms with Crippen LogP contribution in [0.2, 0.25) is 0 Å². The number of fused-ring (bicyclic) bond motifs is 1. The summed E-state index contributed by atoms with van der Waals surface area (Å²) < 4.78 is 0. The number of rotatable bonds is 3. The van der Waals surface area contributed by atoms with Crippen molar-refractivity contribution in [3.05, 3.63) is 35.9 Å². The minimum absolute atomic E-state index is 0. The van der Waals surface area contributed by atoms with Gasteiger partial charge < -0.3 is 10.2 Å². The second kappa shape index (κ2) is 6.09. The molecule has 26 heavy (non-hydrogen) atoms. The molecular formula is C23H34N2O. The average Bonchev–Trinajstić information content (AvgIpc) is 2.94. The number of carbonyl (C=O) groups is 1. The van der Waals surface area contributed by atoms with E-state index >= 15 is 0 Å². The predicted molar refractivity (Wildman–Crippen MR) is 106 cm³/mol. The second-order valence-corrected chi connectivity index (χ2v) is 9.94. The molecule has 1 aromatic rings. The first-order chi connectivity index (χ1) is 12.6. The van der Waals surface area contributed by atoms with Crippen molar-refractivity contribution in [2.45, 2.75) is 62.8 Å². The molecule has 4 unspecified atom stereocenters. The molecule has 5 atom stereocenters. The Morgan fingerprint density at radius 2 is 1.96 bits per heavy atom. The lowest BCUT2D eigenvalue weighted by Crippen LogP contribution is -2.53. The molecule has 4 bridgehead atoms. The predicted octanol–water partition coefficient (Wildman–Crippen LogP) is 3.98. The molecule has 1 N–H and O–H groups in total. The van der Waals surface area contributed by atoms with Gasteiger partial charge in [-0.1, -0.05) is 30.3 Å². The number of carbonyl (C=O) groups excluding carboxylic acids is 1. The van der Waals surface area contributed by atoms with E-state index in [0.29, 0.717) is 11.9 Å². The molecule has 6 rings (SSSR count).